The maximum absolute atomic E-state index is 11.5. The summed E-state index contributed by atoms with van der Waals surface area (Å²) in [6.07, 6.45) is 0. The van der Waals surface area contributed by atoms with Crippen LogP contribution in [0.2, 0.25) is 0 Å². The number of amides is 1. The highest BCUT2D eigenvalue weighted by atomic mass is 16.5. The highest BCUT2D eigenvalue weighted by Gasteiger charge is 2.27. The SMILES string of the molecule is CC(=O)N1c2ccc(C(=O)O)cc2OCC1C. The second kappa shape index (κ2) is 4.08. The van der Waals surface area contributed by atoms with Gasteiger partial charge in [-0.2, -0.15) is 0 Å². The molecule has 2 rings (SSSR count). The number of fused-ring (bicyclic) bond motifs is 1. The van der Waals surface area contributed by atoms with E-state index in [-0.39, 0.29) is 17.5 Å². The minimum absolute atomic E-state index is 0.0457. The van der Waals surface area contributed by atoms with E-state index in [4.69, 9.17) is 9.84 Å². The Kier molecular flexibility index (Phi) is 2.75. The molecule has 17 heavy (non-hydrogen) atoms. The van der Waals surface area contributed by atoms with Gasteiger partial charge in [-0.3, -0.25) is 4.79 Å². The quantitative estimate of drug-likeness (QED) is 0.801. The molecule has 0 bridgehead atoms. The molecule has 1 heterocycles. The third-order valence-corrected chi connectivity index (χ3v) is 2.73. The first-order chi connectivity index (χ1) is 8.00. The molecule has 5 heteroatoms. The molecular weight excluding hydrogens is 222 g/mol. The Balaban J connectivity index is 2.48. The first-order valence-corrected chi connectivity index (χ1v) is 5.30. The van der Waals surface area contributed by atoms with E-state index in [9.17, 15) is 9.59 Å². The normalized spacial score (nSPS) is 18.2. The molecule has 0 saturated heterocycles. The first-order valence-electron chi connectivity index (χ1n) is 5.30. The van der Waals surface area contributed by atoms with Gasteiger partial charge in [0.05, 0.1) is 17.3 Å². The van der Waals surface area contributed by atoms with Gasteiger partial charge in [0, 0.05) is 6.92 Å². The minimum atomic E-state index is -1.01. The number of carbonyl (C=O) groups excluding carboxylic acids is 1. The summed E-state index contributed by atoms with van der Waals surface area (Å²) in [6, 6.07) is 4.48. The van der Waals surface area contributed by atoms with Crippen LogP contribution >= 0.6 is 0 Å². The average Bonchev–Trinajstić information content (AvgIpc) is 2.27. The zero-order chi connectivity index (χ0) is 12.6. The number of aromatic carboxylic acids is 1. The lowest BCUT2D eigenvalue weighted by molar-refractivity contribution is -0.117. The fourth-order valence-electron chi connectivity index (χ4n) is 1.96. The second-order valence-corrected chi connectivity index (χ2v) is 4.04. The van der Waals surface area contributed by atoms with Crippen LogP contribution in [0.1, 0.15) is 24.2 Å². The lowest BCUT2D eigenvalue weighted by atomic mass is 10.1. The molecule has 1 N–H and O–H groups in total. The fourth-order valence-corrected chi connectivity index (χ4v) is 1.96. The van der Waals surface area contributed by atoms with Crippen molar-refractivity contribution in [3.05, 3.63) is 23.8 Å². The Morgan fingerprint density at radius 3 is 2.76 bits per heavy atom. The van der Waals surface area contributed by atoms with E-state index < -0.39 is 5.97 Å². The van der Waals surface area contributed by atoms with E-state index >= 15 is 0 Å². The van der Waals surface area contributed by atoms with Crippen LogP contribution in [0.4, 0.5) is 5.69 Å². The van der Waals surface area contributed by atoms with Gasteiger partial charge in [-0.1, -0.05) is 0 Å². The second-order valence-electron chi connectivity index (χ2n) is 4.04. The lowest BCUT2D eigenvalue weighted by Gasteiger charge is -2.34. The van der Waals surface area contributed by atoms with Crippen LogP contribution in [0.25, 0.3) is 0 Å². The number of hydrogen-bond donors (Lipinski definition) is 1. The largest absolute Gasteiger partial charge is 0.489 e. The smallest absolute Gasteiger partial charge is 0.335 e. The molecule has 1 aliphatic rings. The van der Waals surface area contributed by atoms with Crippen LogP contribution in [0, 0.1) is 0 Å². The summed E-state index contributed by atoms with van der Waals surface area (Å²) in [5.41, 5.74) is 0.781. The first kappa shape index (κ1) is 11.4. The Bertz CT molecular complexity index is 483. The standard InChI is InChI=1S/C12H13NO4/c1-7-6-17-11-5-9(12(15)16)3-4-10(11)13(7)8(2)14/h3-5,7H,6H2,1-2H3,(H,15,16). The molecule has 0 aliphatic carbocycles. The Labute approximate surface area is 98.6 Å². The number of carbonyl (C=O) groups is 2. The molecule has 1 aromatic rings. The van der Waals surface area contributed by atoms with Crippen molar-refractivity contribution in [2.45, 2.75) is 19.9 Å². The maximum Gasteiger partial charge on any atom is 0.335 e. The monoisotopic (exact) mass is 235 g/mol. The molecule has 1 atom stereocenters. The lowest BCUT2D eigenvalue weighted by Crippen LogP contribution is -2.44. The molecule has 1 aliphatic heterocycles. The van der Waals surface area contributed by atoms with E-state index in [0.29, 0.717) is 18.0 Å². The van der Waals surface area contributed by atoms with Gasteiger partial charge < -0.3 is 14.7 Å². The number of carboxylic acid groups (broad SMARTS) is 1. The highest BCUT2D eigenvalue weighted by molar-refractivity contribution is 5.96. The van der Waals surface area contributed by atoms with Crippen LogP contribution < -0.4 is 9.64 Å². The van der Waals surface area contributed by atoms with Gasteiger partial charge in [0.2, 0.25) is 5.91 Å². The molecule has 0 spiro atoms. The van der Waals surface area contributed by atoms with Gasteiger partial charge in [0.25, 0.3) is 0 Å². The van der Waals surface area contributed by atoms with E-state index in [1.165, 1.54) is 19.1 Å². The van der Waals surface area contributed by atoms with Crippen LogP contribution in [-0.2, 0) is 4.79 Å². The van der Waals surface area contributed by atoms with E-state index in [1.54, 1.807) is 11.0 Å². The number of anilines is 1. The molecule has 1 unspecified atom stereocenters. The van der Waals surface area contributed by atoms with Crippen LogP contribution in [0.5, 0.6) is 5.75 Å². The van der Waals surface area contributed by atoms with Crippen molar-refractivity contribution in [3.63, 3.8) is 0 Å². The van der Waals surface area contributed by atoms with Crippen molar-refractivity contribution < 1.29 is 19.4 Å². The minimum Gasteiger partial charge on any atom is -0.489 e. The number of benzene rings is 1. The van der Waals surface area contributed by atoms with Gasteiger partial charge in [-0.05, 0) is 25.1 Å². The van der Waals surface area contributed by atoms with Gasteiger partial charge in [0.1, 0.15) is 12.4 Å². The summed E-state index contributed by atoms with van der Waals surface area (Å²) in [7, 11) is 0. The molecule has 5 nitrogen and oxygen atoms in total. The van der Waals surface area contributed by atoms with Crippen molar-refractivity contribution in [1.29, 1.82) is 0 Å². The fraction of sp³-hybridized carbons (Fsp3) is 0.333. The van der Waals surface area contributed by atoms with Crippen molar-refractivity contribution in [2.75, 3.05) is 11.5 Å². The molecule has 1 aromatic carbocycles. The average molecular weight is 235 g/mol. The predicted molar refractivity (Wildman–Crippen MR) is 61.5 cm³/mol. The number of rotatable bonds is 1. The van der Waals surface area contributed by atoms with E-state index in [2.05, 4.69) is 0 Å². The van der Waals surface area contributed by atoms with Crippen LogP contribution in [0.15, 0.2) is 18.2 Å². The summed E-state index contributed by atoms with van der Waals surface area (Å²) < 4.78 is 5.45. The number of hydrogen-bond acceptors (Lipinski definition) is 3. The number of nitrogens with zero attached hydrogens (tertiary/aromatic N) is 1. The topological polar surface area (TPSA) is 66.8 Å². The molecule has 0 aromatic heterocycles. The Hall–Kier alpha value is -2.04. The third kappa shape index (κ3) is 1.95. The van der Waals surface area contributed by atoms with Crippen molar-refractivity contribution in [1.82, 2.24) is 0 Å². The maximum atomic E-state index is 11.5. The molecular formula is C12H13NO4. The summed E-state index contributed by atoms with van der Waals surface area (Å²) in [5, 5.41) is 8.88. The van der Waals surface area contributed by atoms with E-state index in [0.717, 1.165) is 0 Å². The molecule has 0 radical (unpaired) electrons. The van der Waals surface area contributed by atoms with E-state index in [1.807, 2.05) is 6.92 Å². The zero-order valence-electron chi connectivity index (χ0n) is 9.64. The summed E-state index contributed by atoms with van der Waals surface area (Å²) in [6.45, 7) is 3.74. The van der Waals surface area contributed by atoms with Gasteiger partial charge >= 0.3 is 5.97 Å². The Morgan fingerprint density at radius 1 is 1.47 bits per heavy atom. The zero-order valence-corrected chi connectivity index (χ0v) is 9.64. The Morgan fingerprint density at radius 2 is 2.18 bits per heavy atom. The van der Waals surface area contributed by atoms with Gasteiger partial charge in [0.15, 0.2) is 0 Å². The summed E-state index contributed by atoms with van der Waals surface area (Å²) in [5.74, 6) is -0.646. The number of carboxylic acids is 1. The molecule has 0 saturated carbocycles. The molecule has 0 fully saturated rings. The van der Waals surface area contributed by atoms with Crippen LogP contribution in [0.3, 0.4) is 0 Å². The van der Waals surface area contributed by atoms with Gasteiger partial charge in [-0.25, -0.2) is 4.79 Å². The highest BCUT2D eigenvalue weighted by Crippen LogP contribution is 2.34. The third-order valence-electron chi connectivity index (χ3n) is 2.73. The summed E-state index contributed by atoms with van der Waals surface area (Å²) >= 11 is 0. The van der Waals surface area contributed by atoms with Crippen molar-refractivity contribution >= 4 is 17.6 Å². The summed E-state index contributed by atoms with van der Waals surface area (Å²) in [4.78, 5) is 24.0. The van der Waals surface area contributed by atoms with Crippen molar-refractivity contribution in [3.8, 4) is 5.75 Å². The molecule has 1 amide bonds. The predicted octanol–water partition coefficient (Wildman–Crippen LogP) is 1.52. The van der Waals surface area contributed by atoms with Gasteiger partial charge in [-0.15, -0.1) is 0 Å². The number of ether oxygens (including phenoxy) is 1. The molecule has 90 valence electrons. The van der Waals surface area contributed by atoms with Crippen LogP contribution in [-0.4, -0.2) is 29.6 Å². The van der Waals surface area contributed by atoms with Crippen molar-refractivity contribution in [2.24, 2.45) is 0 Å².